The van der Waals surface area contributed by atoms with Crippen LogP contribution < -0.4 is 20.8 Å². The number of thiol groups is 2. The van der Waals surface area contributed by atoms with Crippen molar-refractivity contribution in [2.45, 2.75) is 52.7 Å². The van der Waals surface area contributed by atoms with Gasteiger partial charge in [-0.25, -0.2) is 0 Å². The van der Waals surface area contributed by atoms with Crippen molar-refractivity contribution in [3.8, 4) is 0 Å². The molecule has 0 aliphatic heterocycles. The zero-order valence-corrected chi connectivity index (χ0v) is 26.1. The van der Waals surface area contributed by atoms with Crippen LogP contribution in [0.2, 0.25) is 0 Å². The van der Waals surface area contributed by atoms with Gasteiger partial charge in [0.1, 0.15) is 6.10 Å². The summed E-state index contributed by atoms with van der Waals surface area (Å²) in [5.74, 6) is -0.781. The van der Waals surface area contributed by atoms with Crippen LogP contribution in [-0.2, 0) is 9.59 Å². The average molecular weight is 595 g/mol. The second kappa shape index (κ2) is 22.5. The Labute approximate surface area is 260 Å². The molecule has 0 aromatic rings. The minimum absolute atomic E-state index is 0. The number of hydrogen-bond acceptors (Lipinski definition) is 12. The molecule has 0 bridgehead atoms. The Morgan fingerprint density at radius 1 is 0.838 bits per heavy atom. The van der Waals surface area contributed by atoms with Gasteiger partial charge in [0.2, 0.25) is 11.8 Å². The minimum Gasteiger partial charge on any atom is -0.862 e. The molecule has 0 heterocycles. The number of aliphatic hydroxyl groups excluding tert-OH is 4. The summed E-state index contributed by atoms with van der Waals surface area (Å²) in [4.78, 5) is 30.0. The van der Waals surface area contributed by atoms with E-state index in [1.54, 1.807) is 27.7 Å². The smallest absolute Gasteiger partial charge is 0.862 e. The van der Waals surface area contributed by atoms with Crippen LogP contribution in [0.3, 0.4) is 0 Å². The summed E-state index contributed by atoms with van der Waals surface area (Å²) in [5.41, 5.74) is -1.85. The second-order valence-electron chi connectivity index (χ2n) is 9.18. The molecule has 0 aliphatic carbocycles. The van der Waals surface area contributed by atoms with Gasteiger partial charge in [0.25, 0.3) is 0 Å². The molecule has 15 heteroatoms. The Bertz CT molecular complexity index is 712. The number of carbonyl (C=O) groups excluding carboxylic acids is 2. The molecule has 2 atom stereocenters. The fourth-order valence-corrected chi connectivity index (χ4v) is 2.36. The van der Waals surface area contributed by atoms with Crippen LogP contribution in [0.5, 0.6) is 0 Å². The molecular weight excluding hydrogens is 552 g/mol. The van der Waals surface area contributed by atoms with E-state index < -0.39 is 34.8 Å². The maximum absolute atomic E-state index is 11.5. The molecule has 0 rings (SSSR count). The maximum Gasteiger partial charge on any atom is 2.00 e. The van der Waals surface area contributed by atoms with E-state index >= 15 is 0 Å². The molecule has 0 aromatic heterocycles. The van der Waals surface area contributed by atoms with Gasteiger partial charge in [0.05, 0.1) is 19.3 Å². The predicted octanol–water partition coefficient (Wildman–Crippen LogP) is -3.26. The van der Waals surface area contributed by atoms with Gasteiger partial charge in [0, 0.05) is 54.9 Å². The van der Waals surface area contributed by atoms with Crippen molar-refractivity contribution < 1.29 is 40.2 Å². The first-order valence-corrected chi connectivity index (χ1v) is 12.7. The van der Waals surface area contributed by atoms with Gasteiger partial charge in [-0.2, -0.15) is 25.3 Å². The van der Waals surface area contributed by atoms with Crippen LogP contribution in [-0.4, -0.2) is 145 Å². The molecule has 0 aliphatic rings. The van der Waals surface area contributed by atoms with E-state index in [9.17, 15) is 30.0 Å². The van der Waals surface area contributed by atoms with Gasteiger partial charge in [-0.1, -0.05) is 27.7 Å². The molecular formula is C22H42CaN4O8S2. The molecule has 0 unspecified atom stereocenters. The quantitative estimate of drug-likeness (QED) is 0.0393. The van der Waals surface area contributed by atoms with Gasteiger partial charge in [-0.05, 0) is 18.2 Å². The summed E-state index contributed by atoms with van der Waals surface area (Å²) in [6.07, 6.45) is -2.49. The van der Waals surface area contributed by atoms with E-state index in [1.807, 2.05) is 0 Å². The van der Waals surface area contributed by atoms with E-state index in [0.29, 0.717) is 24.6 Å². The molecule has 0 fully saturated rings. The third-order valence-corrected chi connectivity index (χ3v) is 5.27. The third-order valence-electron chi connectivity index (χ3n) is 4.84. The van der Waals surface area contributed by atoms with Gasteiger partial charge in [0.15, 0.2) is 0 Å². The molecule has 37 heavy (non-hydrogen) atoms. The largest absolute Gasteiger partial charge is 2.00 e. The van der Waals surface area contributed by atoms with Crippen LogP contribution in [0.4, 0.5) is 0 Å². The minimum atomic E-state index is -1.37. The Kier molecular flexibility index (Phi) is 25.0. The molecule has 0 spiro atoms. The summed E-state index contributed by atoms with van der Waals surface area (Å²) < 4.78 is 0. The fraction of sp³-hybridized carbons (Fsp3) is 0.818. The summed E-state index contributed by atoms with van der Waals surface area (Å²) in [7, 11) is 0. The molecule has 12 nitrogen and oxygen atoms in total. The molecule has 0 radical (unpaired) electrons. The van der Waals surface area contributed by atoms with Crippen molar-refractivity contribution in [1.82, 2.24) is 10.6 Å². The maximum atomic E-state index is 11.5. The molecule has 2 amide bonds. The zero-order valence-electron chi connectivity index (χ0n) is 22.1. The fourth-order valence-electron chi connectivity index (χ4n) is 2.14. The molecule has 212 valence electrons. The average Bonchev–Trinajstić information content (AvgIpc) is 2.85. The molecule has 0 aromatic carbocycles. The zero-order chi connectivity index (χ0) is 28.4. The molecule has 6 N–H and O–H groups in total. The van der Waals surface area contributed by atoms with E-state index in [4.69, 9.17) is 10.2 Å². The van der Waals surface area contributed by atoms with Gasteiger partial charge in [-0.15, -0.1) is 0 Å². The van der Waals surface area contributed by atoms with E-state index in [0.717, 1.165) is 0 Å². The Balaban J connectivity index is -0.000000608. The number of rotatable bonds is 16. The SMILES string of the molecule is CC(C)(CO)[C@@H](O)C(=O)NCCC(=O)NCCS.CC(C)(CO)[C@@H](O)C([O-])=NCCC([O-])=NCCS.[Ca+2]. The van der Waals surface area contributed by atoms with Crippen LogP contribution in [0, 0.1) is 10.8 Å². The van der Waals surface area contributed by atoms with Crippen LogP contribution in [0.15, 0.2) is 9.98 Å². The van der Waals surface area contributed by atoms with Crippen molar-refractivity contribution in [2.24, 2.45) is 20.8 Å². The third kappa shape index (κ3) is 19.4. The van der Waals surface area contributed by atoms with E-state index in [-0.39, 0.29) is 88.7 Å². The van der Waals surface area contributed by atoms with Gasteiger partial charge >= 0.3 is 37.7 Å². The van der Waals surface area contributed by atoms with Crippen LogP contribution >= 0.6 is 25.3 Å². The predicted molar refractivity (Wildman–Crippen MR) is 147 cm³/mol. The Morgan fingerprint density at radius 2 is 1.38 bits per heavy atom. The van der Waals surface area contributed by atoms with Crippen molar-refractivity contribution in [3.05, 3.63) is 0 Å². The van der Waals surface area contributed by atoms with Crippen LogP contribution in [0.25, 0.3) is 0 Å². The molecule has 0 saturated heterocycles. The number of nitrogens with one attached hydrogen (secondary N) is 2. The van der Waals surface area contributed by atoms with Crippen molar-refractivity contribution in [3.63, 3.8) is 0 Å². The van der Waals surface area contributed by atoms with E-state index in [1.165, 1.54) is 0 Å². The number of aliphatic imine (C=N–C) groups is 2. The summed E-state index contributed by atoms with van der Waals surface area (Å²) in [6.45, 7) is 6.60. The first kappa shape index (κ1) is 41.2. The number of nitrogens with zero attached hydrogens (tertiary/aromatic N) is 2. The standard InChI is InChI=1S/2C11H22N2O4S.Ca/c2*1-11(2,7-14)9(16)10(17)13-4-3-8(15)12-5-6-18;/h2*9,14,16,18H,3-7H2,1-2H3,(H,12,15)(H,13,17);/q;;+2/p-2/t2*9-;/m00./s1. The number of hydrogen-bond donors (Lipinski definition) is 8. The Morgan fingerprint density at radius 3 is 1.86 bits per heavy atom. The number of carbonyl (C=O) groups is 2. The van der Waals surface area contributed by atoms with Crippen molar-refractivity contribution in [2.75, 3.05) is 50.9 Å². The van der Waals surface area contributed by atoms with E-state index in [2.05, 4.69) is 45.9 Å². The summed E-state index contributed by atoms with van der Waals surface area (Å²) in [5, 5.41) is 65.0. The second-order valence-corrected chi connectivity index (χ2v) is 10.1. The van der Waals surface area contributed by atoms with Crippen LogP contribution in [0.1, 0.15) is 40.5 Å². The van der Waals surface area contributed by atoms with Gasteiger partial charge < -0.3 is 51.3 Å². The first-order chi connectivity index (χ1) is 16.7. The van der Waals surface area contributed by atoms with Crippen molar-refractivity contribution >= 4 is 86.6 Å². The van der Waals surface area contributed by atoms with Gasteiger partial charge in [-0.3, -0.25) is 9.59 Å². The number of amides is 2. The normalized spacial score (nSPS) is 14.0. The molecule has 0 saturated carbocycles. The summed E-state index contributed by atoms with van der Waals surface area (Å²) in [6, 6.07) is 0. The monoisotopic (exact) mass is 594 g/mol. The first-order valence-electron chi connectivity index (χ1n) is 11.5. The topological polar surface area (TPSA) is 210 Å². The Hall–Kier alpha value is -0.320. The van der Waals surface area contributed by atoms with Crippen molar-refractivity contribution in [1.29, 1.82) is 0 Å². The summed E-state index contributed by atoms with van der Waals surface area (Å²) >= 11 is 7.85. The number of aliphatic hydroxyl groups is 4.